The Morgan fingerprint density at radius 1 is 1.30 bits per heavy atom. The average Bonchev–Trinajstić information content (AvgIpc) is 3.04. The standard InChI is InChI=1S/C26H30ClF2N5O.C6H12FN.C2H3N/c1-3-23-31-21-15-34(22-6-4-5-18-7-8-20(29)25(27)24(18)22)13-10-19(21)26(32-23)33(12-9-17(2)28)14-11-30-16-35;1-6(7)3-2-4-8-5-6;1-2-3/h4-6,16H,2-3,7-15H2,1H3,(H,30,35);8H,2-5H2,1H3;1H3. The summed E-state index contributed by atoms with van der Waals surface area (Å²) in [6.07, 6.45) is 4.82. The van der Waals surface area contributed by atoms with E-state index < -0.39 is 11.5 Å². The van der Waals surface area contributed by atoms with Crippen molar-refractivity contribution in [1.82, 2.24) is 20.6 Å². The topological polar surface area (TPSA) is 97.2 Å². The minimum atomic E-state index is -0.932. The van der Waals surface area contributed by atoms with Gasteiger partial charge in [-0.1, -0.05) is 37.2 Å². The van der Waals surface area contributed by atoms with Crippen LogP contribution >= 0.6 is 11.6 Å². The highest BCUT2D eigenvalue weighted by atomic mass is 35.5. The number of halogens is 4. The summed E-state index contributed by atoms with van der Waals surface area (Å²) in [6, 6.07) is 7.73. The number of hydrogen-bond donors (Lipinski definition) is 2. The lowest BCUT2D eigenvalue weighted by atomic mass is 9.93. The van der Waals surface area contributed by atoms with E-state index in [1.807, 2.05) is 30.0 Å². The van der Waals surface area contributed by atoms with Crippen LogP contribution in [0.25, 0.3) is 5.03 Å². The number of carbonyl (C=O) groups is 1. The van der Waals surface area contributed by atoms with Crippen molar-refractivity contribution in [3.8, 4) is 6.07 Å². The number of fused-ring (bicyclic) bond motifs is 2. The zero-order valence-electron chi connectivity index (χ0n) is 27.1. The predicted octanol–water partition coefficient (Wildman–Crippen LogP) is 6.48. The smallest absolute Gasteiger partial charge is 0.207 e. The Balaban J connectivity index is 0.000000445. The highest BCUT2D eigenvalue weighted by molar-refractivity contribution is 6.50. The maximum absolute atomic E-state index is 14.4. The second kappa shape index (κ2) is 17.9. The summed E-state index contributed by atoms with van der Waals surface area (Å²) in [7, 11) is 0. The van der Waals surface area contributed by atoms with E-state index in [9.17, 15) is 18.0 Å². The van der Waals surface area contributed by atoms with Gasteiger partial charge in [0, 0.05) is 75.7 Å². The van der Waals surface area contributed by atoms with Crippen LogP contribution in [0.2, 0.25) is 0 Å². The Kier molecular flexibility index (Phi) is 14.3. The Morgan fingerprint density at radius 3 is 2.67 bits per heavy atom. The maximum atomic E-state index is 14.4. The molecule has 1 amide bonds. The van der Waals surface area contributed by atoms with Gasteiger partial charge in [0.15, 0.2) is 0 Å². The number of alkyl halides is 1. The summed E-state index contributed by atoms with van der Waals surface area (Å²) in [5.41, 5.74) is 3.73. The number of piperidine rings is 1. The van der Waals surface area contributed by atoms with E-state index in [0.29, 0.717) is 77.2 Å². The molecule has 3 aliphatic rings. The fraction of sp³-hybridized carbons (Fsp3) is 0.529. The SMILES string of the molecule is C=C(F)CCN(CCNC=O)c1nc(CC)nc2c1CCN(c1cccc3c1C(Cl)=C(F)CC3)C2.CC#N.CC1(F)CCCNC1. The van der Waals surface area contributed by atoms with Crippen LogP contribution in [-0.2, 0) is 30.6 Å². The lowest BCUT2D eigenvalue weighted by Gasteiger charge is -2.35. The molecule has 0 spiro atoms. The third kappa shape index (κ3) is 10.2. The van der Waals surface area contributed by atoms with Crippen molar-refractivity contribution in [1.29, 1.82) is 5.26 Å². The van der Waals surface area contributed by atoms with Gasteiger partial charge in [-0.25, -0.2) is 23.1 Å². The van der Waals surface area contributed by atoms with E-state index in [4.69, 9.17) is 26.8 Å². The normalized spacial score (nSPS) is 18.4. The van der Waals surface area contributed by atoms with Gasteiger partial charge in [0.1, 0.15) is 23.1 Å². The lowest BCUT2D eigenvalue weighted by molar-refractivity contribution is -0.109. The molecule has 0 bridgehead atoms. The first-order chi connectivity index (χ1) is 22.0. The highest BCUT2D eigenvalue weighted by Crippen LogP contribution is 2.42. The summed E-state index contributed by atoms with van der Waals surface area (Å²) in [4.78, 5) is 24.6. The Bertz CT molecular complexity index is 1420. The first-order valence-corrected chi connectivity index (χ1v) is 16.2. The predicted molar refractivity (Wildman–Crippen MR) is 179 cm³/mol. The van der Waals surface area contributed by atoms with Gasteiger partial charge in [-0.2, -0.15) is 5.26 Å². The third-order valence-corrected chi connectivity index (χ3v) is 8.45. The van der Waals surface area contributed by atoms with E-state index >= 15 is 0 Å². The summed E-state index contributed by atoms with van der Waals surface area (Å²) in [5, 5.41) is 13.2. The van der Waals surface area contributed by atoms with Gasteiger partial charge in [-0.05, 0) is 50.8 Å². The number of allylic oxidation sites excluding steroid dienone is 1. The number of carbonyl (C=O) groups excluding carboxylic acids is 1. The lowest BCUT2D eigenvalue weighted by Crippen LogP contribution is -2.39. The van der Waals surface area contributed by atoms with Crippen LogP contribution in [0.1, 0.15) is 74.7 Å². The molecule has 46 heavy (non-hydrogen) atoms. The van der Waals surface area contributed by atoms with Crippen molar-refractivity contribution in [3.63, 3.8) is 0 Å². The van der Waals surface area contributed by atoms with Gasteiger partial charge < -0.3 is 20.4 Å². The molecule has 250 valence electrons. The molecule has 8 nitrogen and oxygen atoms in total. The largest absolute Gasteiger partial charge is 0.365 e. The number of benzene rings is 1. The molecule has 1 aromatic heterocycles. The van der Waals surface area contributed by atoms with Crippen LogP contribution in [-0.4, -0.2) is 61.3 Å². The van der Waals surface area contributed by atoms with Crippen LogP contribution in [0, 0.1) is 11.3 Å². The van der Waals surface area contributed by atoms with Gasteiger partial charge in [0.05, 0.1) is 29.2 Å². The highest BCUT2D eigenvalue weighted by Gasteiger charge is 2.29. The molecule has 12 heteroatoms. The molecule has 1 aromatic carbocycles. The number of hydrogen-bond acceptors (Lipinski definition) is 7. The van der Waals surface area contributed by atoms with Crippen molar-refractivity contribution in [3.05, 3.63) is 64.6 Å². The third-order valence-electron chi connectivity index (χ3n) is 8.05. The van der Waals surface area contributed by atoms with Crippen molar-refractivity contribution in [2.24, 2.45) is 0 Å². The number of nitrogens with one attached hydrogen (secondary N) is 2. The van der Waals surface area contributed by atoms with Gasteiger partial charge in [-0.15, -0.1) is 0 Å². The number of aryl methyl sites for hydroxylation is 2. The quantitative estimate of drug-likeness (QED) is 0.223. The first-order valence-electron chi connectivity index (χ1n) is 15.8. The molecule has 1 atom stereocenters. The molecule has 1 saturated heterocycles. The minimum absolute atomic E-state index is 0.181. The average molecular weight is 660 g/mol. The van der Waals surface area contributed by atoms with Crippen molar-refractivity contribution in [2.45, 2.75) is 77.9 Å². The zero-order valence-corrected chi connectivity index (χ0v) is 27.8. The monoisotopic (exact) mass is 659 g/mol. The minimum Gasteiger partial charge on any atom is -0.365 e. The van der Waals surface area contributed by atoms with E-state index in [1.54, 1.807) is 13.0 Å². The fourth-order valence-corrected chi connectivity index (χ4v) is 6.06. The van der Waals surface area contributed by atoms with E-state index in [0.717, 1.165) is 53.3 Å². The van der Waals surface area contributed by atoms with E-state index in [-0.39, 0.29) is 17.3 Å². The van der Waals surface area contributed by atoms with Crippen molar-refractivity contribution < 1.29 is 18.0 Å². The first kappa shape index (κ1) is 36.8. The number of anilines is 2. The number of amides is 1. The summed E-state index contributed by atoms with van der Waals surface area (Å²) in [6.45, 7) is 12.5. The van der Waals surface area contributed by atoms with Crippen LogP contribution in [0.5, 0.6) is 0 Å². The van der Waals surface area contributed by atoms with Crippen LogP contribution in [0.3, 0.4) is 0 Å². The molecular formula is C34H45ClF3N7O. The molecule has 5 rings (SSSR count). The summed E-state index contributed by atoms with van der Waals surface area (Å²) in [5.74, 6) is 0.816. The summed E-state index contributed by atoms with van der Waals surface area (Å²) < 4.78 is 40.7. The van der Waals surface area contributed by atoms with E-state index in [2.05, 4.69) is 22.1 Å². The number of aromatic nitrogens is 2. The molecule has 1 fully saturated rings. The number of nitriles is 1. The fourth-order valence-electron chi connectivity index (χ4n) is 5.75. The second-order valence-electron chi connectivity index (χ2n) is 11.7. The van der Waals surface area contributed by atoms with Crippen molar-refractivity contribution in [2.75, 3.05) is 49.1 Å². The molecule has 1 aliphatic carbocycles. The molecule has 0 saturated carbocycles. The summed E-state index contributed by atoms with van der Waals surface area (Å²) >= 11 is 6.43. The molecule has 2 aromatic rings. The molecular weight excluding hydrogens is 615 g/mol. The van der Waals surface area contributed by atoms with Crippen LogP contribution in [0.4, 0.5) is 24.7 Å². The van der Waals surface area contributed by atoms with Gasteiger partial charge in [-0.3, -0.25) is 4.79 Å². The molecule has 2 N–H and O–H groups in total. The Hall–Kier alpha value is -3.62. The van der Waals surface area contributed by atoms with Crippen LogP contribution < -0.4 is 20.4 Å². The molecule has 1 unspecified atom stereocenters. The van der Waals surface area contributed by atoms with E-state index in [1.165, 1.54) is 6.92 Å². The Morgan fingerprint density at radius 2 is 2.07 bits per heavy atom. The number of rotatable bonds is 10. The maximum Gasteiger partial charge on any atom is 0.207 e. The Labute approximate surface area is 275 Å². The molecule has 0 radical (unpaired) electrons. The van der Waals surface area contributed by atoms with Gasteiger partial charge in [0.25, 0.3) is 0 Å². The van der Waals surface area contributed by atoms with Gasteiger partial charge in [0.2, 0.25) is 6.41 Å². The second-order valence-corrected chi connectivity index (χ2v) is 12.1. The number of nitrogens with zero attached hydrogens (tertiary/aromatic N) is 5. The van der Waals surface area contributed by atoms with Crippen molar-refractivity contribution >= 4 is 34.5 Å². The molecule has 2 aliphatic heterocycles. The zero-order chi connectivity index (χ0) is 33.7. The van der Waals surface area contributed by atoms with Crippen LogP contribution in [0.15, 0.2) is 36.4 Å². The molecule has 3 heterocycles. The van der Waals surface area contributed by atoms with Gasteiger partial charge >= 0.3 is 0 Å².